The molecule has 5 nitrogen and oxygen atoms in total. The molecule has 0 saturated carbocycles. The number of carbonyl (C=O) groups excluding carboxylic acids is 1. The van der Waals surface area contributed by atoms with Crippen molar-refractivity contribution in [3.63, 3.8) is 0 Å². The van der Waals surface area contributed by atoms with Crippen LogP contribution >= 0.6 is 0 Å². The zero-order valence-corrected chi connectivity index (χ0v) is 13.5. The standard InChI is InChI=1S/C16H22F3N3O2/c1-2-5-21-13-4-3-11(16(17,18)19)8-14(13)22-15(23)9-12-10-24-7-6-20-12/h3-4,8,12,20-21H,2,5-7,9-10H2,1H3,(H,22,23). The van der Waals surface area contributed by atoms with Crippen molar-refractivity contribution >= 4 is 17.3 Å². The van der Waals surface area contributed by atoms with E-state index in [1.807, 2.05) is 6.92 Å². The average molecular weight is 345 g/mol. The predicted octanol–water partition coefficient (Wildman–Crippen LogP) is 2.84. The first-order valence-corrected chi connectivity index (χ1v) is 7.96. The van der Waals surface area contributed by atoms with Gasteiger partial charge in [-0.2, -0.15) is 13.2 Å². The van der Waals surface area contributed by atoms with Gasteiger partial charge < -0.3 is 20.7 Å². The maximum atomic E-state index is 12.9. The molecule has 1 atom stereocenters. The summed E-state index contributed by atoms with van der Waals surface area (Å²) in [5.41, 5.74) is -0.176. The van der Waals surface area contributed by atoms with Gasteiger partial charge in [-0.25, -0.2) is 0 Å². The summed E-state index contributed by atoms with van der Waals surface area (Å²) >= 11 is 0. The topological polar surface area (TPSA) is 62.4 Å². The van der Waals surface area contributed by atoms with Gasteiger partial charge in [0.1, 0.15) is 0 Å². The van der Waals surface area contributed by atoms with Gasteiger partial charge in [0.2, 0.25) is 5.91 Å². The van der Waals surface area contributed by atoms with E-state index in [0.29, 0.717) is 32.0 Å². The van der Waals surface area contributed by atoms with E-state index in [1.165, 1.54) is 6.07 Å². The Bertz CT molecular complexity index is 558. The van der Waals surface area contributed by atoms with Crippen molar-refractivity contribution in [2.24, 2.45) is 0 Å². The highest BCUT2D eigenvalue weighted by molar-refractivity contribution is 5.94. The van der Waals surface area contributed by atoms with Gasteiger partial charge in [0.25, 0.3) is 0 Å². The molecule has 1 heterocycles. The van der Waals surface area contributed by atoms with Crippen LogP contribution in [0.15, 0.2) is 18.2 Å². The van der Waals surface area contributed by atoms with Gasteiger partial charge in [-0.1, -0.05) is 6.92 Å². The minimum atomic E-state index is -4.46. The van der Waals surface area contributed by atoms with E-state index in [-0.39, 0.29) is 24.1 Å². The molecule has 1 aromatic rings. The van der Waals surface area contributed by atoms with Gasteiger partial charge >= 0.3 is 6.18 Å². The van der Waals surface area contributed by atoms with Crippen molar-refractivity contribution < 1.29 is 22.7 Å². The lowest BCUT2D eigenvalue weighted by atomic mass is 10.1. The van der Waals surface area contributed by atoms with Crippen molar-refractivity contribution in [2.75, 3.05) is 36.9 Å². The summed E-state index contributed by atoms with van der Waals surface area (Å²) in [4.78, 5) is 12.2. The number of rotatable bonds is 6. The van der Waals surface area contributed by atoms with Gasteiger partial charge in [-0.3, -0.25) is 4.79 Å². The van der Waals surface area contributed by atoms with Crippen molar-refractivity contribution in [2.45, 2.75) is 32.0 Å². The fourth-order valence-corrected chi connectivity index (χ4v) is 2.41. The average Bonchev–Trinajstić information content (AvgIpc) is 2.53. The van der Waals surface area contributed by atoms with Crippen LogP contribution in [0.4, 0.5) is 24.5 Å². The van der Waals surface area contributed by atoms with E-state index in [4.69, 9.17) is 4.74 Å². The van der Waals surface area contributed by atoms with E-state index in [9.17, 15) is 18.0 Å². The molecule has 1 fully saturated rings. The molecule has 24 heavy (non-hydrogen) atoms. The molecule has 0 spiro atoms. The minimum absolute atomic E-state index is 0.128. The van der Waals surface area contributed by atoms with E-state index < -0.39 is 11.7 Å². The van der Waals surface area contributed by atoms with Crippen LogP contribution < -0.4 is 16.0 Å². The van der Waals surface area contributed by atoms with Crippen LogP contribution in [-0.2, 0) is 15.7 Å². The quantitative estimate of drug-likeness (QED) is 0.742. The Labute approximate surface area is 138 Å². The summed E-state index contributed by atoms with van der Waals surface area (Å²) in [7, 11) is 0. The summed E-state index contributed by atoms with van der Waals surface area (Å²) in [6.45, 7) is 4.22. The maximum Gasteiger partial charge on any atom is 0.416 e. The molecule has 134 valence electrons. The molecule has 1 amide bonds. The molecule has 0 bridgehead atoms. The Morgan fingerprint density at radius 3 is 2.79 bits per heavy atom. The highest BCUT2D eigenvalue weighted by Gasteiger charge is 2.31. The van der Waals surface area contributed by atoms with Crippen LogP contribution in [0.1, 0.15) is 25.3 Å². The number of halogens is 3. The van der Waals surface area contributed by atoms with E-state index in [0.717, 1.165) is 18.6 Å². The number of hydrogen-bond donors (Lipinski definition) is 3. The molecule has 8 heteroatoms. The fourth-order valence-electron chi connectivity index (χ4n) is 2.41. The van der Waals surface area contributed by atoms with Gasteiger partial charge in [0.05, 0.1) is 30.2 Å². The molecule has 1 saturated heterocycles. The minimum Gasteiger partial charge on any atom is -0.383 e. The van der Waals surface area contributed by atoms with Gasteiger partial charge in [0, 0.05) is 25.6 Å². The zero-order valence-electron chi connectivity index (χ0n) is 13.5. The third-order valence-electron chi connectivity index (χ3n) is 3.62. The lowest BCUT2D eigenvalue weighted by Crippen LogP contribution is -2.43. The third-order valence-corrected chi connectivity index (χ3v) is 3.62. The fraction of sp³-hybridized carbons (Fsp3) is 0.562. The van der Waals surface area contributed by atoms with Crippen LogP contribution in [0, 0.1) is 0 Å². The number of nitrogens with one attached hydrogen (secondary N) is 3. The second-order valence-electron chi connectivity index (χ2n) is 5.66. The zero-order chi connectivity index (χ0) is 17.6. The first-order chi connectivity index (χ1) is 11.4. The van der Waals surface area contributed by atoms with Gasteiger partial charge in [-0.15, -0.1) is 0 Å². The lowest BCUT2D eigenvalue weighted by Gasteiger charge is -2.23. The van der Waals surface area contributed by atoms with E-state index in [2.05, 4.69) is 16.0 Å². The molecule has 0 aromatic heterocycles. The summed E-state index contributed by atoms with van der Waals surface area (Å²) < 4.78 is 44.0. The normalized spacial score (nSPS) is 18.2. The van der Waals surface area contributed by atoms with Gasteiger partial charge in [-0.05, 0) is 24.6 Å². The predicted molar refractivity (Wildman–Crippen MR) is 86.1 cm³/mol. The molecule has 0 aliphatic carbocycles. The molecule has 1 unspecified atom stereocenters. The molecule has 1 aromatic carbocycles. The third kappa shape index (κ3) is 5.38. The Morgan fingerprint density at radius 1 is 1.38 bits per heavy atom. The molecule has 1 aliphatic heterocycles. The van der Waals surface area contributed by atoms with E-state index in [1.54, 1.807) is 0 Å². The Kier molecular flexibility index (Phi) is 6.44. The molecule has 0 radical (unpaired) electrons. The van der Waals surface area contributed by atoms with Crippen LogP contribution in [0.3, 0.4) is 0 Å². The van der Waals surface area contributed by atoms with Crippen molar-refractivity contribution in [1.82, 2.24) is 5.32 Å². The van der Waals surface area contributed by atoms with Crippen molar-refractivity contribution in [3.05, 3.63) is 23.8 Å². The SMILES string of the molecule is CCCNc1ccc(C(F)(F)F)cc1NC(=O)CC1COCCN1. The number of ether oxygens (including phenoxy) is 1. The number of alkyl halides is 3. The van der Waals surface area contributed by atoms with Crippen LogP contribution in [0.25, 0.3) is 0 Å². The summed E-state index contributed by atoms with van der Waals surface area (Å²) in [6.07, 6.45) is -3.50. The number of benzene rings is 1. The highest BCUT2D eigenvalue weighted by Crippen LogP contribution is 2.34. The maximum absolute atomic E-state index is 12.9. The number of amides is 1. The smallest absolute Gasteiger partial charge is 0.383 e. The first kappa shape index (κ1) is 18.5. The van der Waals surface area contributed by atoms with Crippen LogP contribution in [0.5, 0.6) is 0 Å². The molecule has 3 N–H and O–H groups in total. The largest absolute Gasteiger partial charge is 0.416 e. The number of carbonyl (C=O) groups is 1. The summed E-state index contributed by atoms with van der Waals surface area (Å²) in [6, 6.07) is 3.18. The van der Waals surface area contributed by atoms with Crippen molar-refractivity contribution in [3.8, 4) is 0 Å². The molecule has 2 rings (SSSR count). The monoisotopic (exact) mass is 345 g/mol. The Morgan fingerprint density at radius 2 is 2.17 bits per heavy atom. The second-order valence-corrected chi connectivity index (χ2v) is 5.66. The number of morpholine rings is 1. The Balaban J connectivity index is 2.10. The summed E-state index contributed by atoms with van der Waals surface area (Å²) in [5.74, 6) is -0.350. The Hall–Kier alpha value is -1.80. The molecular weight excluding hydrogens is 323 g/mol. The van der Waals surface area contributed by atoms with Crippen molar-refractivity contribution in [1.29, 1.82) is 0 Å². The van der Waals surface area contributed by atoms with E-state index >= 15 is 0 Å². The van der Waals surface area contributed by atoms with Crippen LogP contribution in [-0.4, -0.2) is 38.3 Å². The highest BCUT2D eigenvalue weighted by atomic mass is 19.4. The molecule has 1 aliphatic rings. The summed E-state index contributed by atoms with van der Waals surface area (Å²) in [5, 5.41) is 8.75. The first-order valence-electron chi connectivity index (χ1n) is 7.96. The van der Waals surface area contributed by atoms with Gasteiger partial charge in [0.15, 0.2) is 0 Å². The van der Waals surface area contributed by atoms with Crippen LogP contribution in [0.2, 0.25) is 0 Å². The number of hydrogen-bond acceptors (Lipinski definition) is 4. The molecular formula is C16H22F3N3O2. The second kappa shape index (κ2) is 8.34. The lowest BCUT2D eigenvalue weighted by molar-refractivity contribution is -0.137. The number of anilines is 2.